The van der Waals surface area contributed by atoms with Gasteiger partial charge < -0.3 is 15.4 Å². The van der Waals surface area contributed by atoms with Gasteiger partial charge in [0.2, 0.25) is 0 Å². The number of urea groups is 1. The minimum atomic E-state index is -0.998. The highest BCUT2D eigenvalue weighted by Crippen LogP contribution is 2.07. The molecule has 1 atom stereocenters. The van der Waals surface area contributed by atoms with Gasteiger partial charge in [-0.15, -0.1) is 0 Å². The highest BCUT2D eigenvalue weighted by molar-refractivity contribution is 5.98. The molecule has 158 valence electrons. The fourth-order valence-corrected chi connectivity index (χ4v) is 2.56. The Kier molecular flexibility index (Phi) is 9.05. The Bertz CT molecular complexity index is 856. The smallest absolute Gasteiger partial charge is 0.329 e. The first-order chi connectivity index (χ1) is 14.5. The van der Waals surface area contributed by atoms with Crippen molar-refractivity contribution in [2.24, 2.45) is 0 Å². The quantitative estimate of drug-likeness (QED) is 0.545. The zero-order chi connectivity index (χ0) is 21.8. The molecule has 0 saturated carbocycles. The molecule has 0 aliphatic rings. The molecule has 0 bridgehead atoms. The van der Waals surface area contributed by atoms with Gasteiger partial charge in [0.05, 0.1) is 0 Å². The number of hydrogen-bond donors (Lipinski definition) is 3. The van der Waals surface area contributed by atoms with Gasteiger partial charge in [0.1, 0.15) is 6.04 Å². The van der Waals surface area contributed by atoms with Gasteiger partial charge in [0, 0.05) is 18.5 Å². The number of amides is 4. The fourth-order valence-electron chi connectivity index (χ4n) is 2.56. The van der Waals surface area contributed by atoms with E-state index in [2.05, 4.69) is 16.0 Å². The number of benzene rings is 2. The van der Waals surface area contributed by atoms with E-state index in [1.165, 1.54) is 0 Å². The second-order valence-corrected chi connectivity index (χ2v) is 6.49. The van der Waals surface area contributed by atoms with Crippen molar-refractivity contribution in [3.8, 4) is 0 Å². The number of esters is 1. The number of hydrogen-bond acceptors (Lipinski definition) is 5. The summed E-state index contributed by atoms with van der Waals surface area (Å²) < 4.78 is 5.03. The summed E-state index contributed by atoms with van der Waals surface area (Å²) in [4.78, 5) is 48.3. The number of rotatable bonds is 9. The van der Waals surface area contributed by atoms with Crippen molar-refractivity contribution in [3.63, 3.8) is 0 Å². The Labute approximate surface area is 175 Å². The van der Waals surface area contributed by atoms with Crippen LogP contribution in [0.3, 0.4) is 0 Å². The topological polar surface area (TPSA) is 114 Å². The number of nitrogens with one attached hydrogen (secondary N) is 3. The Morgan fingerprint density at radius 2 is 1.57 bits per heavy atom. The van der Waals surface area contributed by atoms with Crippen LogP contribution in [0.2, 0.25) is 0 Å². The predicted molar refractivity (Wildman–Crippen MR) is 111 cm³/mol. The summed E-state index contributed by atoms with van der Waals surface area (Å²) in [5.74, 6) is -1.96. The highest BCUT2D eigenvalue weighted by Gasteiger charge is 2.24. The lowest BCUT2D eigenvalue weighted by atomic mass is 10.1. The van der Waals surface area contributed by atoms with Crippen LogP contribution >= 0.6 is 0 Å². The zero-order valence-corrected chi connectivity index (χ0v) is 16.7. The molecule has 0 radical (unpaired) electrons. The van der Waals surface area contributed by atoms with Gasteiger partial charge in [0.15, 0.2) is 6.61 Å². The second-order valence-electron chi connectivity index (χ2n) is 6.49. The van der Waals surface area contributed by atoms with Crippen molar-refractivity contribution in [1.82, 2.24) is 16.0 Å². The molecule has 0 heterocycles. The van der Waals surface area contributed by atoms with Crippen molar-refractivity contribution >= 4 is 23.8 Å². The Hall–Kier alpha value is -3.68. The molecule has 3 N–H and O–H groups in total. The molecule has 0 spiro atoms. The summed E-state index contributed by atoms with van der Waals surface area (Å²) in [5, 5.41) is 7.20. The molecule has 4 amide bonds. The molecule has 2 rings (SSSR count). The maximum Gasteiger partial charge on any atom is 0.329 e. The van der Waals surface area contributed by atoms with Gasteiger partial charge in [0.25, 0.3) is 11.8 Å². The molecule has 0 fully saturated rings. The van der Waals surface area contributed by atoms with Crippen LogP contribution < -0.4 is 16.0 Å². The fraction of sp³-hybridized carbons (Fsp3) is 0.273. The van der Waals surface area contributed by atoms with Crippen LogP contribution in [0.5, 0.6) is 0 Å². The molecule has 8 nitrogen and oxygen atoms in total. The average Bonchev–Trinajstić information content (AvgIpc) is 2.76. The van der Waals surface area contributed by atoms with Gasteiger partial charge >= 0.3 is 12.0 Å². The molecule has 0 aliphatic carbocycles. The molecule has 2 aromatic carbocycles. The Balaban J connectivity index is 1.98. The van der Waals surface area contributed by atoms with Crippen molar-refractivity contribution in [2.75, 3.05) is 13.2 Å². The first-order valence-electron chi connectivity index (χ1n) is 9.63. The summed E-state index contributed by atoms with van der Waals surface area (Å²) in [5.41, 5.74) is 1.21. The van der Waals surface area contributed by atoms with Gasteiger partial charge in [-0.3, -0.25) is 14.9 Å². The molecule has 0 saturated heterocycles. The molecular weight excluding hydrogens is 386 g/mol. The van der Waals surface area contributed by atoms with E-state index in [-0.39, 0.29) is 6.42 Å². The third kappa shape index (κ3) is 7.75. The number of carbonyl (C=O) groups is 4. The van der Waals surface area contributed by atoms with Crippen molar-refractivity contribution in [1.29, 1.82) is 0 Å². The predicted octanol–water partition coefficient (Wildman–Crippen LogP) is 1.81. The van der Waals surface area contributed by atoms with E-state index in [4.69, 9.17) is 4.74 Å². The standard InChI is InChI=1S/C22H25N3O5/c1-2-13-23-22(29)25-19(26)15-30-21(28)18(14-16-9-5-3-6-10-16)24-20(27)17-11-7-4-8-12-17/h3-12,18H,2,13-15H2,1H3,(H,24,27)(H2,23,25,26,29)/t18-/m0/s1. The molecule has 0 aliphatic heterocycles. The van der Waals surface area contributed by atoms with E-state index >= 15 is 0 Å². The summed E-state index contributed by atoms with van der Waals surface area (Å²) in [6, 6.07) is 15.9. The lowest BCUT2D eigenvalue weighted by molar-refractivity contribution is -0.150. The maximum atomic E-state index is 12.6. The van der Waals surface area contributed by atoms with Crippen LogP contribution in [0.25, 0.3) is 0 Å². The van der Waals surface area contributed by atoms with E-state index in [0.29, 0.717) is 12.1 Å². The van der Waals surface area contributed by atoms with Crippen LogP contribution in [-0.2, 0) is 20.7 Å². The lowest BCUT2D eigenvalue weighted by Crippen LogP contribution is -2.45. The SMILES string of the molecule is CCCNC(=O)NC(=O)COC(=O)[C@H](Cc1ccccc1)NC(=O)c1ccccc1. The first kappa shape index (κ1) is 22.6. The van der Waals surface area contributed by atoms with E-state index in [1.807, 2.05) is 37.3 Å². The summed E-state index contributed by atoms with van der Waals surface area (Å²) in [6.07, 6.45) is 0.912. The monoisotopic (exact) mass is 411 g/mol. The van der Waals surface area contributed by atoms with Crippen LogP contribution in [0.4, 0.5) is 4.79 Å². The summed E-state index contributed by atoms with van der Waals surface area (Å²) >= 11 is 0. The third-order valence-electron chi connectivity index (χ3n) is 4.04. The molecule has 0 unspecified atom stereocenters. The number of imide groups is 1. The third-order valence-corrected chi connectivity index (χ3v) is 4.04. The maximum absolute atomic E-state index is 12.6. The van der Waals surface area contributed by atoms with Crippen molar-refractivity contribution < 1.29 is 23.9 Å². The zero-order valence-electron chi connectivity index (χ0n) is 16.7. The summed E-state index contributed by atoms with van der Waals surface area (Å²) in [7, 11) is 0. The van der Waals surface area contributed by atoms with Gasteiger partial charge in [-0.25, -0.2) is 9.59 Å². The van der Waals surface area contributed by atoms with Crippen molar-refractivity contribution in [3.05, 3.63) is 71.8 Å². The summed E-state index contributed by atoms with van der Waals surface area (Å²) in [6.45, 7) is 1.66. The van der Waals surface area contributed by atoms with Crippen LogP contribution in [-0.4, -0.2) is 43.0 Å². The van der Waals surface area contributed by atoms with E-state index in [9.17, 15) is 19.2 Å². The molecule has 0 aromatic heterocycles. The van der Waals surface area contributed by atoms with Gasteiger partial charge in [-0.05, 0) is 24.1 Å². The molecule has 8 heteroatoms. The molecule has 30 heavy (non-hydrogen) atoms. The van der Waals surface area contributed by atoms with Gasteiger partial charge in [-0.1, -0.05) is 55.5 Å². The minimum absolute atomic E-state index is 0.191. The van der Waals surface area contributed by atoms with Crippen LogP contribution in [0.1, 0.15) is 29.3 Å². The average molecular weight is 411 g/mol. The van der Waals surface area contributed by atoms with Crippen LogP contribution in [0.15, 0.2) is 60.7 Å². The highest BCUT2D eigenvalue weighted by atomic mass is 16.5. The van der Waals surface area contributed by atoms with E-state index in [1.54, 1.807) is 30.3 Å². The Morgan fingerprint density at radius 1 is 0.933 bits per heavy atom. The van der Waals surface area contributed by atoms with E-state index < -0.39 is 36.5 Å². The largest absolute Gasteiger partial charge is 0.454 e. The second kappa shape index (κ2) is 12.0. The normalized spacial score (nSPS) is 11.1. The molecular formula is C22H25N3O5. The number of ether oxygens (including phenoxy) is 1. The first-order valence-corrected chi connectivity index (χ1v) is 9.63. The van der Waals surface area contributed by atoms with Gasteiger partial charge in [-0.2, -0.15) is 0 Å². The van der Waals surface area contributed by atoms with Crippen molar-refractivity contribution in [2.45, 2.75) is 25.8 Å². The lowest BCUT2D eigenvalue weighted by Gasteiger charge is -2.18. The van der Waals surface area contributed by atoms with Crippen LogP contribution in [0, 0.1) is 0 Å². The minimum Gasteiger partial charge on any atom is -0.454 e. The van der Waals surface area contributed by atoms with E-state index in [0.717, 1.165) is 12.0 Å². The Morgan fingerprint density at radius 3 is 2.20 bits per heavy atom. The molecule has 2 aromatic rings. The number of carbonyl (C=O) groups excluding carboxylic acids is 4.